The van der Waals surface area contributed by atoms with E-state index in [1.54, 1.807) is 41.1 Å². The maximum atomic E-state index is 14.5. The van der Waals surface area contributed by atoms with E-state index in [-0.39, 0.29) is 60.9 Å². The lowest BCUT2D eigenvalue weighted by Gasteiger charge is -2.42. The maximum absolute atomic E-state index is 14.5. The summed E-state index contributed by atoms with van der Waals surface area (Å²) in [4.78, 5) is 72.4. The van der Waals surface area contributed by atoms with Gasteiger partial charge in [-0.05, 0) is 120 Å². The van der Waals surface area contributed by atoms with E-state index in [1.165, 1.54) is 12.0 Å². The lowest BCUT2D eigenvalue weighted by atomic mass is 9.78. The predicted molar refractivity (Wildman–Crippen MR) is 272 cm³/mol. The topological polar surface area (TPSA) is 184 Å². The van der Waals surface area contributed by atoms with Gasteiger partial charge in [-0.15, -0.1) is 12.3 Å². The van der Waals surface area contributed by atoms with Crippen LogP contribution in [0.2, 0.25) is 0 Å². The van der Waals surface area contributed by atoms with Crippen LogP contribution in [-0.2, 0) is 52.4 Å². The number of terminal acetylenes is 1. The SMILES string of the molecule is C#CCCCCO[C@@H]1CC[C@@H](C[C@@H](C)[C@@H]2CC(=O)[C@H](C)/C=C(\C)[C@@H](O)[C@@H](OC)C(=O)[C@H](C)C[C@H](C)/C=C/C=C/C=C(\C)[C@@H](OC)C[C@@H]3CC[C@@H](C)[C@@](O)(O3)C(=O)C(=O)N3CCCC[C@H]3C(=O)O2)C[C@H]1OC. The molecule has 3 aliphatic heterocycles. The van der Waals surface area contributed by atoms with Crippen LogP contribution in [-0.4, -0.2) is 133 Å². The Morgan fingerprint density at radius 1 is 0.873 bits per heavy atom. The van der Waals surface area contributed by atoms with Crippen LogP contribution in [0.5, 0.6) is 0 Å². The first-order valence-electron chi connectivity index (χ1n) is 26.3. The van der Waals surface area contributed by atoms with Crippen molar-refractivity contribution < 1.29 is 62.6 Å². The Labute approximate surface area is 424 Å². The van der Waals surface area contributed by atoms with Crippen LogP contribution < -0.4 is 0 Å². The number of Topliss-reactive ketones (excluding diaryl/α,β-unsaturated/α-hetero) is 3. The lowest BCUT2D eigenvalue weighted by molar-refractivity contribution is -0.265. The molecule has 4 rings (SSSR count). The number of piperidine rings is 1. The third-order valence-corrected chi connectivity index (χ3v) is 15.5. The van der Waals surface area contributed by atoms with Gasteiger partial charge in [-0.1, -0.05) is 71.1 Å². The number of unbranched alkanes of at least 4 members (excludes halogenated alkanes) is 2. The van der Waals surface area contributed by atoms with Gasteiger partial charge in [0.1, 0.15) is 30.1 Å². The minimum atomic E-state index is -2.43. The first-order chi connectivity index (χ1) is 33.8. The summed E-state index contributed by atoms with van der Waals surface area (Å²) in [7, 11) is 4.65. The molecular formula is C57H87NO13. The summed E-state index contributed by atoms with van der Waals surface area (Å²) >= 11 is 0. The summed E-state index contributed by atoms with van der Waals surface area (Å²) in [5, 5.41) is 23.5. The van der Waals surface area contributed by atoms with Crippen molar-refractivity contribution in [1.82, 2.24) is 4.90 Å². The van der Waals surface area contributed by atoms with E-state index in [2.05, 4.69) is 5.92 Å². The highest BCUT2D eigenvalue weighted by molar-refractivity contribution is 6.39. The van der Waals surface area contributed by atoms with Crippen LogP contribution >= 0.6 is 0 Å². The molecule has 2 N–H and O–H groups in total. The second kappa shape index (κ2) is 29.2. The van der Waals surface area contributed by atoms with E-state index in [9.17, 15) is 34.2 Å². The van der Waals surface area contributed by atoms with Gasteiger partial charge in [0.25, 0.3) is 11.7 Å². The molecule has 0 aromatic heterocycles. The smallest absolute Gasteiger partial charge is 0.329 e. The summed E-state index contributed by atoms with van der Waals surface area (Å²) in [5.74, 6) is -5.17. The minimum Gasteiger partial charge on any atom is -0.460 e. The fourth-order valence-corrected chi connectivity index (χ4v) is 10.9. The Kier molecular flexibility index (Phi) is 24.6. The fraction of sp³-hybridized carbons (Fsp3) is 0.737. The van der Waals surface area contributed by atoms with Gasteiger partial charge in [-0.2, -0.15) is 0 Å². The van der Waals surface area contributed by atoms with Crippen molar-refractivity contribution in [1.29, 1.82) is 0 Å². The zero-order chi connectivity index (χ0) is 52.4. The number of cyclic esters (lactones) is 1. The van der Waals surface area contributed by atoms with E-state index in [0.717, 1.165) is 31.3 Å². The highest BCUT2D eigenvalue weighted by Crippen LogP contribution is 2.38. The number of ketones is 3. The number of allylic oxidation sites excluding steroid dienone is 6. The zero-order valence-corrected chi connectivity index (χ0v) is 44.5. The number of aliphatic hydroxyl groups is 2. The van der Waals surface area contributed by atoms with Gasteiger partial charge < -0.3 is 43.5 Å². The van der Waals surface area contributed by atoms with Gasteiger partial charge in [-0.25, -0.2) is 4.79 Å². The summed E-state index contributed by atoms with van der Waals surface area (Å²) < 4.78 is 36.2. The van der Waals surface area contributed by atoms with E-state index in [1.807, 2.05) is 58.1 Å². The molecule has 1 amide bonds. The summed E-state index contributed by atoms with van der Waals surface area (Å²) in [6.45, 7) is 13.4. The molecule has 0 radical (unpaired) electrons. The molecule has 14 heteroatoms. The number of aliphatic hydroxyl groups excluding tert-OH is 1. The number of nitrogens with zero attached hydrogens (tertiary/aromatic N) is 1. The van der Waals surface area contributed by atoms with Gasteiger partial charge in [-0.3, -0.25) is 19.2 Å². The summed E-state index contributed by atoms with van der Waals surface area (Å²) in [5.41, 5.74) is 1.28. The van der Waals surface area contributed by atoms with Crippen LogP contribution in [0.3, 0.4) is 0 Å². The van der Waals surface area contributed by atoms with Gasteiger partial charge in [0.2, 0.25) is 5.79 Å². The number of rotatable bonds is 11. The standard InChI is InChI=1S/C57H87NO13/c1-12-13-14-20-29-69-47-27-25-43(33-50(47)67-10)32-39(5)49-35-46(59)38(4)31-41(7)52(61)53(68-11)51(60)40(6)30-36(2)21-16-15-17-22-37(3)48(66-9)34-44-26-24-42(8)57(65,71-44)54(62)55(63)58-28-19-18-23-45(58)56(64)70-49/h1,15-17,21-22,31,36,38-40,42-45,47-50,52-53,61,65H,13-14,18-20,23-30,32-35H2,2-11H3/b17-15+,21-16+,37-22+,41-31+/t36-,38-,39-,40-,42-,43+,44+,45+,47-,48+,49+,50-,52-,53+,57-/m1/s1. The Balaban J connectivity index is 1.67. The number of carbonyl (C=O) groups is 5. The molecule has 2 bridgehead atoms. The second-order valence-electron chi connectivity index (χ2n) is 21.1. The van der Waals surface area contributed by atoms with Crippen molar-refractivity contribution in [2.45, 2.75) is 199 Å². The quantitative estimate of drug-likeness (QED) is 0.0668. The van der Waals surface area contributed by atoms with Gasteiger partial charge in [0.15, 0.2) is 5.78 Å². The van der Waals surface area contributed by atoms with Crippen molar-refractivity contribution in [2.24, 2.45) is 35.5 Å². The molecule has 2 saturated heterocycles. The van der Waals surface area contributed by atoms with Crippen LogP contribution in [0.15, 0.2) is 47.6 Å². The molecule has 3 heterocycles. The largest absolute Gasteiger partial charge is 0.460 e. The molecule has 4 aliphatic rings. The fourth-order valence-electron chi connectivity index (χ4n) is 10.9. The molecule has 15 atom stereocenters. The number of fused-ring (bicyclic) bond motifs is 3. The highest BCUT2D eigenvalue weighted by Gasteiger charge is 2.53. The monoisotopic (exact) mass is 994 g/mol. The van der Waals surface area contributed by atoms with Crippen molar-refractivity contribution in [3.8, 4) is 12.3 Å². The van der Waals surface area contributed by atoms with Crippen molar-refractivity contribution in [3.05, 3.63) is 47.6 Å². The second-order valence-corrected chi connectivity index (χ2v) is 21.1. The average Bonchev–Trinajstić information content (AvgIpc) is 3.35. The zero-order valence-electron chi connectivity index (χ0n) is 44.5. The third-order valence-electron chi connectivity index (χ3n) is 15.5. The molecule has 1 aliphatic carbocycles. The van der Waals surface area contributed by atoms with Crippen molar-refractivity contribution >= 4 is 29.2 Å². The molecule has 0 aromatic rings. The van der Waals surface area contributed by atoms with Crippen molar-refractivity contribution in [2.75, 3.05) is 34.5 Å². The van der Waals surface area contributed by atoms with Crippen LogP contribution in [0.4, 0.5) is 0 Å². The molecule has 1 saturated carbocycles. The van der Waals surface area contributed by atoms with Crippen LogP contribution in [0.1, 0.15) is 145 Å². The first-order valence-corrected chi connectivity index (χ1v) is 26.3. The van der Waals surface area contributed by atoms with E-state index in [4.69, 9.17) is 34.8 Å². The van der Waals surface area contributed by atoms with E-state index >= 15 is 0 Å². The summed E-state index contributed by atoms with van der Waals surface area (Å²) in [6.07, 6.45) is 20.4. The molecule has 0 aromatic carbocycles. The molecular weight excluding hydrogens is 907 g/mol. The van der Waals surface area contributed by atoms with Crippen molar-refractivity contribution in [3.63, 3.8) is 0 Å². The molecule has 14 nitrogen and oxygen atoms in total. The molecule has 0 spiro atoms. The number of hydrogen-bond donors (Lipinski definition) is 2. The van der Waals surface area contributed by atoms with Gasteiger partial charge in [0.05, 0.1) is 24.4 Å². The third kappa shape index (κ3) is 16.9. The molecule has 71 heavy (non-hydrogen) atoms. The van der Waals surface area contributed by atoms with Gasteiger partial charge in [0, 0.05) is 71.5 Å². The Morgan fingerprint density at radius 2 is 1.62 bits per heavy atom. The Hall–Kier alpha value is -3.81. The first kappa shape index (κ1) is 59.8. The van der Waals surface area contributed by atoms with Gasteiger partial charge >= 0.3 is 5.97 Å². The van der Waals surface area contributed by atoms with Crippen LogP contribution in [0, 0.1) is 47.9 Å². The number of methoxy groups -OCH3 is 3. The maximum Gasteiger partial charge on any atom is 0.329 e. The number of carbonyl (C=O) groups excluding carboxylic acids is 5. The van der Waals surface area contributed by atoms with E-state index < -0.39 is 77.8 Å². The minimum absolute atomic E-state index is 0.0185. The predicted octanol–water partition coefficient (Wildman–Crippen LogP) is 8.01. The molecule has 398 valence electrons. The number of ether oxygens (including phenoxy) is 6. The Bertz CT molecular complexity index is 1930. The normalized spacial score (nSPS) is 37.9. The summed E-state index contributed by atoms with van der Waals surface area (Å²) in [6, 6.07) is -1.14. The van der Waals surface area contributed by atoms with Crippen LogP contribution in [0.25, 0.3) is 0 Å². The average molecular weight is 994 g/mol. The number of esters is 1. The molecule has 0 unspecified atom stereocenters. The van der Waals surface area contributed by atoms with E-state index in [0.29, 0.717) is 70.0 Å². The highest BCUT2D eigenvalue weighted by atomic mass is 16.6. The number of hydrogen-bond acceptors (Lipinski definition) is 13. The lowest BCUT2D eigenvalue weighted by Crippen LogP contribution is -2.61. The number of amides is 1. The Morgan fingerprint density at radius 3 is 2.31 bits per heavy atom. The molecule has 3 fully saturated rings.